The molecule has 6 saturated carbocycles. The van der Waals surface area contributed by atoms with Crippen molar-refractivity contribution in [1.29, 1.82) is 0 Å². The Morgan fingerprint density at radius 3 is 2.70 bits per heavy atom. The highest BCUT2D eigenvalue weighted by Gasteiger charge is 2.95. The van der Waals surface area contributed by atoms with Crippen molar-refractivity contribution in [2.45, 2.75) is 82.5 Å². The molecule has 9 aliphatic rings. The van der Waals surface area contributed by atoms with Crippen LogP contribution in [0.25, 0.3) is 0 Å². The van der Waals surface area contributed by atoms with Crippen LogP contribution < -0.4 is 0 Å². The van der Waals surface area contributed by atoms with Crippen LogP contribution in [0.3, 0.4) is 0 Å². The zero-order chi connectivity index (χ0) is 21.2. The van der Waals surface area contributed by atoms with Gasteiger partial charge in [-0.15, -0.1) is 0 Å². The molecule has 9 bridgehead atoms. The average molecular weight is 416 g/mol. The van der Waals surface area contributed by atoms with Gasteiger partial charge in [-0.1, -0.05) is 33.8 Å². The van der Waals surface area contributed by atoms with Crippen molar-refractivity contribution in [2.24, 2.45) is 39.9 Å². The molecule has 2 unspecified atom stereocenters. The van der Waals surface area contributed by atoms with Crippen molar-refractivity contribution in [3.63, 3.8) is 0 Å². The van der Waals surface area contributed by atoms with E-state index in [1.165, 1.54) is 0 Å². The van der Waals surface area contributed by atoms with Crippen LogP contribution in [0.2, 0.25) is 0 Å². The molecular formula is C24H33NO5. The van der Waals surface area contributed by atoms with Gasteiger partial charge in [-0.3, -0.25) is 9.69 Å². The Hall–Kier alpha value is -0.950. The van der Waals surface area contributed by atoms with Crippen LogP contribution in [0.4, 0.5) is 0 Å². The van der Waals surface area contributed by atoms with E-state index in [0.29, 0.717) is 18.4 Å². The third-order valence-corrected chi connectivity index (χ3v) is 11.2. The van der Waals surface area contributed by atoms with Gasteiger partial charge in [0.15, 0.2) is 0 Å². The maximum absolute atomic E-state index is 12.7. The number of nitrogens with zero attached hydrogens (tertiary/aromatic N) is 1. The lowest BCUT2D eigenvalue weighted by Gasteiger charge is -2.69. The van der Waals surface area contributed by atoms with Crippen LogP contribution in [0.15, 0.2) is 12.2 Å². The number of rotatable bonds is 2. The maximum Gasteiger partial charge on any atom is 0.308 e. The van der Waals surface area contributed by atoms with Crippen LogP contribution in [0, 0.1) is 39.9 Å². The molecule has 0 aromatic heterocycles. The second-order valence-electron chi connectivity index (χ2n) is 12.4. The first-order valence-electron chi connectivity index (χ1n) is 11.8. The summed E-state index contributed by atoms with van der Waals surface area (Å²) < 4.78 is 6.09. The number of aliphatic hydroxyl groups excluding tert-OH is 1. The number of hydrogen-bond acceptors (Lipinski definition) is 6. The Labute approximate surface area is 177 Å². The molecule has 2 spiro atoms. The average Bonchev–Trinajstić information content (AvgIpc) is 3.03. The molecular weight excluding hydrogens is 382 g/mol. The molecule has 0 aromatic rings. The summed E-state index contributed by atoms with van der Waals surface area (Å²) in [5.41, 5.74) is -2.56. The fourth-order valence-electron chi connectivity index (χ4n) is 10.9. The monoisotopic (exact) mass is 415 g/mol. The lowest BCUT2D eigenvalue weighted by atomic mass is 9.38. The Morgan fingerprint density at radius 1 is 1.27 bits per heavy atom. The van der Waals surface area contributed by atoms with Crippen LogP contribution in [-0.4, -0.2) is 62.3 Å². The molecule has 30 heavy (non-hydrogen) atoms. The smallest absolute Gasteiger partial charge is 0.308 e. The van der Waals surface area contributed by atoms with E-state index < -0.39 is 28.9 Å². The van der Waals surface area contributed by atoms with Gasteiger partial charge in [0, 0.05) is 36.3 Å². The van der Waals surface area contributed by atoms with Gasteiger partial charge in [0.25, 0.3) is 0 Å². The first-order valence-corrected chi connectivity index (χ1v) is 11.8. The van der Waals surface area contributed by atoms with Crippen LogP contribution in [-0.2, 0) is 9.53 Å². The number of carbonyl (C=O) groups is 1. The molecule has 3 aliphatic heterocycles. The summed E-state index contributed by atoms with van der Waals surface area (Å²) in [6.45, 7) is 11.0. The fraction of sp³-hybridized carbons (Fsp3) is 0.875. The molecule has 6 aliphatic carbocycles. The number of aliphatic hydroxyl groups is 3. The minimum absolute atomic E-state index is 0.0469. The van der Waals surface area contributed by atoms with E-state index in [-0.39, 0.29) is 46.5 Å². The highest BCUT2D eigenvalue weighted by atomic mass is 16.5. The van der Waals surface area contributed by atoms with Gasteiger partial charge in [0.05, 0.1) is 12.0 Å². The van der Waals surface area contributed by atoms with Gasteiger partial charge < -0.3 is 20.1 Å². The molecule has 9 fully saturated rings. The minimum atomic E-state index is -1.41. The molecule has 164 valence electrons. The van der Waals surface area contributed by atoms with Gasteiger partial charge in [-0.2, -0.15) is 0 Å². The van der Waals surface area contributed by atoms with E-state index in [1.54, 1.807) is 0 Å². The highest BCUT2D eigenvalue weighted by Crippen LogP contribution is 2.89. The van der Waals surface area contributed by atoms with Crippen molar-refractivity contribution in [2.75, 3.05) is 6.54 Å². The maximum atomic E-state index is 12.7. The summed E-state index contributed by atoms with van der Waals surface area (Å²) in [6.07, 6.45) is 2.60. The Balaban J connectivity index is 1.47. The Kier molecular flexibility index (Phi) is 2.92. The highest BCUT2D eigenvalue weighted by molar-refractivity contribution is 5.72. The van der Waals surface area contributed by atoms with Gasteiger partial charge in [0.2, 0.25) is 0 Å². The molecule has 6 nitrogen and oxygen atoms in total. The molecule has 3 heterocycles. The summed E-state index contributed by atoms with van der Waals surface area (Å²) in [4.78, 5) is 15.1. The van der Waals surface area contributed by atoms with E-state index in [9.17, 15) is 20.1 Å². The van der Waals surface area contributed by atoms with Gasteiger partial charge in [-0.25, -0.2) is 0 Å². The largest absolute Gasteiger partial charge is 0.457 e. The third-order valence-electron chi connectivity index (χ3n) is 11.2. The number of ether oxygens (including phenoxy) is 1. The second-order valence-corrected chi connectivity index (χ2v) is 12.4. The molecule has 0 radical (unpaired) electrons. The summed E-state index contributed by atoms with van der Waals surface area (Å²) in [6, 6.07) is 0.150. The quantitative estimate of drug-likeness (QED) is 0.467. The predicted molar refractivity (Wildman–Crippen MR) is 107 cm³/mol. The molecule has 3 saturated heterocycles. The molecule has 0 aromatic carbocycles. The van der Waals surface area contributed by atoms with E-state index in [4.69, 9.17) is 4.74 Å². The lowest BCUT2D eigenvalue weighted by molar-refractivity contribution is -0.303. The molecule has 0 amide bonds. The topological polar surface area (TPSA) is 90.2 Å². The molecule has 9 rings (SSSR count). The summed E-state index contributed by atoms with van der Waals surface area (Å²) in [5.74, 6) is -0.509. The van der Waals surface area contributed by atoms with Crippen molar-refractivity contribution < 1.29 is 24.9 Å². The second kappa shape index (κ2) is 4.70. The minimum Gasteiger partial charge on any atom is -0.457 e. The van der Waals surface area contributed by atoms with E-state index >= 15 is 0 Å². The van der Waals surface area contributed by atoms with Gasteiger partial charge >= 0.3 is 5.97 Å². The van der Waals surface area contributed by atoms with Crippen LogP contribution in [0.5, 0.6) is 0 Å². The van der Waals surface area contributed by atoms with Crippen LogP contribution in [0.1, 0.15) is 52.9 Å². The standard InChI is InChI=1S/C24H33NO5/c1-11(2)18(27)30-17-12(3)23(28)8-13-15-21-7-5-6-20(4)10-25(15)24(29,19(20)21)9-22(13,17)14(21)16(23)26/h11,13-17,19,26,28-29H,3,5-10H2,1-2,4H3/t13-,14-,15+,16+,17-,19+,20-,21-,22+,23-,24?/m0/s1. The van der Waals surface area contributed by atoms with Crippen molar-refractivity contribution in [3.05, 3.63) is 12.2 Å². The van der Waals surface area contributed by atoms with Gasteiger partial charge in [0.1, 0.15) is 17.4 Å². The SMILES string of the molecule is C=C1[C@H](OC(=O)C(C)C)[C@@]23CC4(O)[C@@H]5[C@@]6(C)CCC[C@@]57[C@@H]2[C@@H](O)[C@]1(O)C[C@H]3[C@H]7N4C6. The third kappa shape index (κ3) is 1.44. The van der Waals surface area contributed by atoms with E-state index in [2.05, 4.69) is 18.4 Å². The van der Waals surface area contributed by atoms with Crippen molar-refractivity contribution >= 4 is 5.97 Å². The zero-order valence-corrected chi connectivity index (χ0v) is 18.1. The fourth-order valence-corrected chi connectivity index (χ4v) is 10.9. The number of carbonyl (C=O) groups excluding carboxylic acids is 1. The van der Waals surface area contributed by atoms with Gasteiger partial charge in [-0.05, 0) is 41.6 Å². The molecule has 12 atom stereocenters. The first-order chi connectivity index (χ1) is 14.0. The number of fused-ring (bicyclic) bond motifs is 1. The van der Waals surface area contributed by atoms with Crippen molar-refractivity contribution in [1.82, 2.24) is 4.90 Å². The van der Waals surface area contributed by atoms with Crippen LogP contribution >= 0.6 is 0 Å². The van der Waals surface area contributed by atoms with E-state index in [0.717, 1.165) is 25.8 Å². The predicted octanol–water partition coefficient (Wildman–Crippen LogP) is 1.43. The Bertz CT molecular complexity index is 919. The molecule has 3 N–H and O–H groups in total. The molecule has 6 heteroatoms. The number of esters is 1. The Morgan fingerprint density at radius 2 is 2.00 bits per heavy atom. The summed E-state index contributed by atoms with van der Waals surface area (Å²) in [7, 11) is 0. The normalized spacial score (nSPS) is 65.7. The zero-order valence-electron chi connectivity index (χ0n) is 18.1. The first kappa shape index (κ1) is 18.6. The summed E-state index contributed by atoms with van der Waals surface area (Å²) in [5, 5.41) is 35.6. The summed E-state index contributed by atoms with van der Waals surface area (Å²) >= 11 is 0. The lowest BCUT2D eigenvalue weighted by Crippen LogP contribution is -2.77. The van der Waals surface area contributed by atoms with Crippen molar-refractivity contribution in [3.8, 4) is 0 Å². The number of piperidine rings is 2. The van der Waals surface area contributed by atoms with E-state index in [1.807, 2.05) is 13.8 Å². The number of hydrogen-bond donors (Lipinski definition) is 3.